The summed E-state index contributed by atoms with van der Waals surface area (Å²) < 4.78 is 11.7. The normalized spacial score (nSPS) is 15.4. The first kappa shape index (κ1) is 18.8. The fourth-order valence-electron chi connectivity index (χ4n) is 1.78. The summed E-state index contributed by atoms with van der Waals surface area (Å²) in [6.07, 6.45) is 3.43. The molecule has 1 aliphatic rings. The minimum absolute atomic E-state index is 0.114. The van der Waals surface area contributed by atoms with Crippen molar-refractivity contribution in [3.05, 3.63) is 40.5 Å². The lowest BCUT2D eigenvalue weighted by atomic mass is 10.1. The number of nitrogens with zero attached hydrogens (tertiary/aromatic N) is 1. The number of hydrogen-bond donors (Lipinski definition) is 0. The van der Waals surface area contributed by atoms with E-state index in [2.05, 4.69) is 27.5 Å². The van der Waals surface area contributed by atoms with E-state index >= 15 is 0 Å². The zero-order valence-corrected chi connectivity index (χ0v) is 16.2. The molecule has 2 rings (SSSR count). The maximum Gasteiger partial charge on any atom is 0.308 e. The number of carbonyl (C=O) groups excluding carboxylic acids is 2. The van der Waals surface area contributed by atoms with Gasteiger partial charge in [-0.15, -0.1) is 6.58 Å². The van der Waals surface area contributed by atoms with E-state index in [-0.39, 0.29) is 5.12 Å². The van der Waals surface area contributed by atoms with Crippen molar-refractivity contribution in [2.24, 2.45) is 4.99 Å². The summed E-state index contributed by atoms with van der Waals surface area (Å²) in [6, 6.07) is 3.30. The maximum absolute atomic E-state index is 12.1. The van der Waals surface area contributed by atoms with E-state index in [9.17, 15) is 9.59 Å². The second-order valence-electron chi connectivity index (χ2n) is 4.51. The second kappa shape index (κ2) is 8.55. The van der Waals surface area contributed by atoms with Gasteiger partial charge in [0, 0.05) is 17.1 Å². The average molecular weight is 428 g/mol. The predicted octanol–water partition coefficient (Wildman–Crippen LogP) is 4.27. The lowest BCUT2D eigenvalue weighted by molar-refractivity contribution is -0.132. The van der Waals surface area contributed by atoms with Crippen LogP contribution in [0.4, 0.5) is 0 Å². The zero-order valence-electron chi connectivity index (χ0n) is 13.0. The molecule has 0 aromatic heterocycles. The molecule has 5 nitrogen and oxygen atoms in total. The number of thioether (sulfide) groups is 2. The molecular weight excluding hydrogens is 414 g/mol. The highest BCUT2D eigenvalue weighted by Crippen LogP contribution is 2.37. The summed E-state index contributed by atoms with van der Waals surface area (Å²) in [5.74, 6) is 0.948. The van der Waals surface area contributed by atoms with Crippen LogP contribution in [0.15, 0.2) is 39.9 Å². The predicted molar refractivity (Wildman–Crippen MR) is 103 cm³/mol. The molecule has 0 unspecified atom stereocenters. The van der Waals surface area contributed by atoms with E-state index < -0.39 is 5.97 Å². The molecule has 1 heterocycles. The van der Waals surface area contributed by atoms with Crippen LogP contribution < -0.4 is 9.47 Å². The van der Waals surface area contributed by atoms with Gasteiger partial charge in [-0.25, -0.2) is 4.99 Å². The summed E-state index contributed by atoms with van der Waals surface area (Å²) in [5.41, 5.74) is 1.06. The smallest absolute Gasteiger partial charge is 0.308 e. The lowest BCUT2D eigenvalue weighted by Crippen LogP contribution is -2.03. The SMILES string of the molecule is C=CCSC1=NC(=Cc2cc(OC)c(OC(C)=O)cc2Br)C(=O)S1. The van der Waals surface area contributed by atoms with Crippen molar-refractivity contribution in [1.82, 2.24) is 0 Å². The van der Waals surface area contributed by atoms with Gasteiger partial charge in [0.1, 0.15) is 10.1 Å². The number of methoxy groups -OCH3 is 1. The number of carbonyl (C=O) groups is 2. The van der Waals surface area contributed by atoms with Gasteiger partial charge in [-0.3, -0.25) is 9.59 Å². The van der Waals surface area contributed by atoms with Crippen LogP contribution in [0, 0.1) is 0 Å². The lowest BCUT2D eigenvalue weighted by Gasteiger charge is -2.10. The number of ether oxygens (including phenoxy) is 2. The summed E-state index contributed by atoms with van der Waals surface area (Å²) in [5, 5.41) is -0.114. The van der Waals surface area contributed by atoms with Crippen LogP contribution in [-0.4, -0.2) is 28.3 Å². The second-order valence-corrected chi connectivity index (χ2v) is 7.60. The quantitative estimate of drug-likeness (QED) is 0.302. The molecule has 0 fully saturated rings. The Bertz CT molecular complexity index is 759. The van der Waals surface area contributed by atoms with Crippen LogP contribution >= 0.6 is 39.5 Å². The number of halogens is 1. The highest BCUT2D eigenvalue weighted by Gasteiger charge is 2.23. The van der Waals surface area contributed by atoms with Crippen molar-refractivity contribution in [3.63, 3.8) is 0 Å². The molecular formula is C16H14BrNO4S2. The highest BCUT2D eigenvalue weighted by atomic mass is 79.9. The van der Waals surface area contributed by atoms with Crippen molar-refractivity contribution in [3.8, 4) is 11.5 Å². The zero-order chi connectivity index (χ0) is 17.7. The van der Waals surface area contributed by atoms with Crippen molar-refractivity contribution in [2.45, 2.75) is 6.92 Å². The molecule has 0 aliphatic carbocycles. The summed E-state index contributed by atoms with van der Waals surface area (Å²) in [7, 11) is 1.48. The van der Waals surface area contributed by atoms with E-state index in [4.69, 9.17) is 9.47 Å². The van der Waals surface area contributed by atoms with Crippen LogP contribution in [0.1, 0.15) is 12.5 Å². The van der Waals surface area contributed by atoms with Gasteiger partial charge in [-0.1, -0.05) is 33.8 Å². The number of esters is 1. The molecule has 1 aromatic carbocycles. The first-order chi connectivity index (χ1) is 11.4. The first-order valence-corrected chi connectivity index (χ1v) is 9.36. The third kappa shape index (κ3) is 4.75. The van der Waals surface area contributed by atoms with Gasteiger partial charge in [-0.05, 0) is 35.5 Å². The first-order valence-electron chi connectivity index (χ1n) is 6.76. The third-order valence-corrected chi connectivity index (χ3v) is 5.45. The fraction of sp³-hybridized carbons (Fsp3) is 0.188. The van der Waals surface area contributed by atoms with Crippen molar-refractivity contribution < 1.29 is 19.1 Å². The highest BCUT2D eigenvalue weighted by molar-refractivity contribution is 9.10. The van der Waals surface area contributed by atoms with Gasteiger partial charge >= 0.3 is 5.97 Å². The Morgan fingerprint density at radius 1 is 1.46 bits per heavy atom. The van der Waals surface area contributed by atoms with Crippen molar-refractivity contribution >= 4 is 61.0 Å². The van der Waals surface area contributed by atoms with Gasteiger partial charge in [0.05, 0.1) is 7.11 Å². The van der Waals surface area contributed by atoms with Crippen LogP contribution in [0.5, 0.6) is 11.5 Å². The summed E-state index contributed by atoms with van der Waals surface area (Å²) >= 11 is 5.97. The van der Waals surface area contributed by atoms with Gasteiger partial charge in [0.15, 0.2) is 11.5 Å². The number of rotatable bonds is 5. The number of aliphatic imine (C=N–C) groups is 1. The van der Waals surface area contributed by atoms with Crippen LogP contribution in [0.3, 0.4) is 0 Å². The maximum atomic E-state index is 12.1. The number of benzene rings is 1. The molecule has 0 spiro atoms. The summed E-state index contributed by atoms with van der Waals surface area (Å²) in [6.45, 7) is 4.96. The molecule has 24 heavy (non-hydrogen) atoms. The minimum atomic E-state index is -0.442. The Hall–Kier alpha value is -1.51. The molecule has 126 valence electrons. The molecule has 0 saturated carbocycles. The topological polar surface area (TPSA) is 65.0 Å². The largest absolute Gasteiger partial charge is 0.493 e. The van der Waals surface area contributed by atoms with E-state index in [1.54, 1.807) is 24.3 Å². The molecule has 0 amide bonds. The molecule has 1 aliphatic heterocycles. The molecule has 8 heteroatoms. The molecule has 1 aromatic rings. The van der Waals surface area contributed by atoms with Crippen LogP contribution in [-0.2, 0) is 9.59 Å². The molecule has 0 bridgehead atoms. The Kier molecular flexibility index (Phi) is 6.70. The number of hydrogen-bond acceptors (Lipinski definition) is 7. The Balaban J connectivity index is 2.35. The molecule has 0 atom stereocenters. The van der Waals surface area contributed by atoms with E-state index in [0.717, 1.165) is 11.8 Å². The Labute approximate surface area is 156 Å². The average Bonchev–Trinajstić information content (AvgIpc) is 2.87. The van der Waals surface area contributed by atoms with E-state index in [1.165, 1.54) is 25.8 Å². The van der Waals surface area contributed by atoms with E-state index in [1.807, 2.05) is 0 Å². The van der Waals surface area contributed by atoms with Crippen LogP contribution in [0.2, 0.25) is 0 Å². The fourth-order valence-corrected chi connectivity index (χ4v) is 3.82. The van der Waals surface area contributed by atoms with Gasteiger partial charge in [0.2, 0.25) is 5.12 Å². The minimum Gasteiger partial charge on any atom is -0.493 e. The standard InChI is InChI=1S/C16H14BrNO4S2/c1-4-5-23-16-18-12(15(20)24-16)6-10-7-13(21-3)14(8-11(10)17)22-9(2)19/h4,6-8H,1,5H2,2-3H3. The van der Waals surface area contributed by atoms with Crippen molar-refractivity contribution in [1.29, 1.82) is 0 Å². The van der Waals surface area contributed by atoms with Gasteiger partial charge in [-0.2, -0.15) is 0 Å². The monoisotopic (exact) mass is 427 g/mol. The Morgan fingerprint density at radius 2 is 2.21 bits per heavy atom. The third-order valence-electron chi connectivity index (χ3n) is 2.75. The van der Waals surface area contributed by atoms with Gasteiger partial charge in [0.25, 0.3) is 0 Å². The molecule has 0 radical (unpaired) electrons. The summed E-state index contributed by atoms with van der Waals surface area (Å²) in [4.78, 5) is 27.5. The molecule has 0 saturated heterocycles. The van der Waals surface area contributed by atoms with Crippen LogP contribution in [0.25, 0.3) is 6.08 Å². The Morgan fingerprint density at radius 3 is 2.83 bits per heavy atom. The van der Waals surface area contributed by atoms with Crippen molar-refractivity contribution in [2.75, 3.05) is 12.9 Å². The van der Waals surface area contributed by atoms with Gasteiger partial charge < -0.3 is 9.47 Å². The van der Waals surface area contributed by atoms with E-state index in [0.29, 0.717) is 37.4 Å². The molecule has 0 N–H and O–H groups in total.